The Labute approximate surface area is 137 Å². The molecule has 1 saturated heterocycles. The van der Waals surface area contributed by atoms with E-state index in [-0.39, 0.29) is 0 Å². The summed E-state index contributed by atoms with van der Waals surface area (Å²) in [6.07, 6.45) is 2.23. The van der Waals surface area contributed by atoms with Crippen LogP contribution in [0.4, 0.5) is 5.82 Å². The zero-order chi connectivity index (χ0) is 16.1. The number of benzene rings is 1. The molecule has 1 aliphatic rings. The van der Waals surface area contributed by atoms with Crippen LogP contribution in [0, 0.1) is 6.92 Å². The maximum Gasteiger partial charge on any atom is 0.161 e. The lowest BCUT2D eigenvalue weighted by atomic mass is 10.1. The number of nitrogens with one attached hydrogen (secondary N) is 2. The van der Waals surface area contributed by atoms with E-state index in [9.17, 15) is 0 Å². The second-order valence-electron chi connectivity index (χ2n) is 6.04. The lowest BCUT2D eigenvalue weighted by Crippen LogP contribution is -2.35. The van der Waals surface area contributed by atoms with E-state index < -0.39 is 0 Å². The van der Waals surface area contributed by atoms with Gasteiger partial charge in [-0.2, -0.15) is 0 Å². The third-order valence-corrected chi connectivity index (χ3v) is 4.07. The van der Waals surface area contributed by atoms with E-state index in [2.05, 4.69) is 46.8 Å². The molecule has 23 heavy (non-hydrogen) atoms. The van der Waals surface area contributed by atoms with Crippen molar-refractivity contribution in [1.82, 2.24) is 15.3 Å². The third-order valence-electron chi connectivity index (χ3n) is 4.07. The SMILES string of the molecule is COCc1cc(NC2CCNCC2)nc(-c2ccc(C)cc2)n1. The largest absolute Gasteiger partial charge is 0.378 e. The number of anilines is 1. The predicted molar refractivity (Wildman–Crippen MR) is 92.4 cm³/mol. The molecule has 5 nitrogen and oxygen atoms in total. The summed E-state index contributed by atoms with van der Waals surface area (Å²) in [5.41, 5.74) is 3.16. The number of aromatic nitrogens is 2. The fourth-order valence-corrected chi connectivity index (χ4v) is 2.80. The molecule has 3 rings (SSSR count). The zero-order valence-electron chi connectivity index (χ0n) is 13.8. The zero-order valence-corrected chi connectivity index (χ0v) is 13.8. The predicted octanol–water partition coefficient (Wildman–Crippen LogP) is 2.76. The van der Waals surface area contributed by atoms with Crippen LogP contribution in [0.25, 0.3) is 11.4 Å². The maximum atomic E-state index is 5.25. The highest BCUT2D eigenvalue weighted by Gasteiger charge is 2.14. The van der Waals surface area contributed by atoms with E-state index in [4.69, 9.17) is 9.72 Å². The number of nitrogens with zero attached hydrogens (tertiary/aromatic N) is 2. The average Bonchev–Trinajstić information content (AvgIpc) is 2.56. The molecule has 0 bridgehead atoms. The van der Waals surface area contributed by atoms with E-state index in [0.717, 1.165) is 48.8 Å². The standard InChI is InChI=1S/C18H24N4O/c1-13-3-5-14(6-4-13)18-21-16(12-23-2)11-17(22-18)20-15-7-9-19-10-8-15/h3-6,11,15,19H,7-10,12H2,1-2H3,(H,20,21,22). The van der Waals surface area contributed by atoms with Gasteiger partial charge in [0.15, 0.2) is 5.82 Å². The Balaban J connectivity index is 1.87. The molecule has 2 N–H and O–H groups in total. The number of ether oxygens (including phenoxy) is 1. The van der Waals surface area contributed by atoms with Gasteiger partial charge in [0.1, 0.15) is 5.82 Å². The first kappa shape index (κ1) is 15.9. The smallest absolute Gasteiger partial charge is 0.161 e. The first-order valence-corrected chi connectivity index (χ1v) is 8.16. The number of aryl methyl sites for hydroxylation is 1. The molecule has 1 aromatic carbocycles. The normalized spacial score (nSPS) is 15.6. The van der Waals surface area contributed by atoms with Crippen molar-refractivity contribution in [3.63, 3.8) is 0 Å². The Morgan fingerprint density at radius 2 is 1.91 bits per heavy atom. The van der Waals surface area contributed by atoms with Gasteiger partial charge in [-0.1, -0.05) is 29.8 Å². The Morgan fingerprint density at radius 1 is 1.17 bits per heavy atom. The topological polar surface area (TPSA) is 59.1 Å². The summed E-state index contributed by atoms with van der Waals surface area (Å²) in [7, 11) is 1.69. The molecule has 1 aromatic heterocycles. The van der Waals surface area contributed by atoms with Crippen molar-refractivity contribution in [3.8, 4) is 11.4 Å². The highest BCUT2D eigenvalue weighted by Crippen LogP contribution is 2.20. The summed E-state index contributed by atoms with van der Waals surface area (Å²) in [4.78, 5) is 9.34. The summed E-state index contributed by atoms with van der Waals surface area (Å²) in [5, 5.41) is 6.94. The van der Waals surface area contributed by atoms with Crippen LogP contribution in [0.1, 0.15) is 24.1 Å². The van der Waals surface area contributed by atoms with Gasteiger partial charge < -0.3 is 15.4 Å². The van der Waals surface area contributed by atoms with Gasteiger partial charge in [0.25, 0.3) is 0 Å². The van der Waals surface area contributed by atoms with Gasteiger partial charge in [-0.25, -0.2) is 9.97 Å². The van der Waals surface area contributed by atoms with E-state index in [1.807, 2.05) is 6.07 Å². The second kappa shape index (κ2) is 7.53. The molecule has 2 aromatic rings. The fraction of sp³-hybridized carbons (Fsp3) is 0.444. The fourth-order valence-electron chi connectivity index (χ4n) is 2.80. The molecule has 0 amide bonds. The lowest BCUT2D eigenvalue weighted by molar-refractivity contribution is 0.181. The summed E-state index contributed by atoms with van der Waals surface area (Å²) < 4.78 is 5.25. The van der Waals surface area contributed by atoms with Crippen molar-refractivity contribution in [1.29, 1.82) is 0 Å². The quantitative estimate of drug-likeness (QED) is 0.889. The molecule has 2 heterocycles. The molecular formula is C18H24N4O. The number of piperidine rings is 1. The molecule has 122 valence electrons. The number of hydrogen-bond acceptors (Lipinski definition) is 5. The lowest BCUT2D eigenvalue weighted by Gasteiger charge is -2.24. The Bertz CT molecular complexity index is 636. The monoisotopic (exact) mass is 312 g/mol. The number of hydrogen-bond donors (Lipinski definition) is 2. The van der Waals surface area contributed by atoms with E-state index in [1.165, 1.54) is 5.56 Å². The van der Waals surface area contributed by atoms with Crippen LogP contribution < -0.4 is 10.6 Å². The maximum absolute atomic E-state index is 5.25. The molecule has 1 fully saturated rings. The molecule has 0 unspecified atom stereocenters. The van der Waals surface area contributed by atoms with Gasteiger partial charge in [-0.15, -0.1) is 0 Å². The molecular weight excluding hydrogens is 288 g/mol. The highest BCUT2D eigenvalue weighted by molar-refractivity contribution is 5.58. The first-order valence-electron chi connectivity index (χ1n) is 8.16. The summed E-state index contributed by atoms with van der Waals surface area (Å²) in [5.74, 6) is 1.63. The molecule has 1 aliphatic heterocycles. The van der Waals surface area contributed by atoms with Crippen LogP contribution in [-0.2, 0) is 11.3 Å². The van der Waals surface area contributed by atoms with Crippen LogP contribution in [0.15, 0.2) is 30.3 Å². The van der Waals surface area contributed by atoms with Crippen molar-refractivity contribution in [3.05, 3.63) is 41.6 Å². The minimum Gasteiger partial charge on any atom is -0.378 e. The van der Waals surface area contributed by atoms with Crippen molar-refractivity contribution in [2.75, 3.05) is 25.5 Å². The molecule has 0 saturated carbocycles. The Morgan fingerprint density at radius 3 is 2.61 bits per heavy atom. The summed E-state index contributed by atoms with van der Waals surface area (Å²) in [6.45, 7) is 4.68. The van der Waals surface area contributed by atoms with Crippen LogP contribution in [0.2, 0.25) is 0 Å². The van der Waals surface area contributed by atoms with Gasteiger partial charge in [0.2, 0.25) is 0 Å². The van der Waals surface area contributed by atoms with E-state index in [0.29, 0.717) is 12.6 Å². The molecule has 0 spiro atoms. The third kappa shape index (κ3) is 4.27. The second-order valence-corrected chi connectivity index (χ2v) is 6.04. The van der Waals surface area contributed by atoms with Crippen LogP contribution in [0.3, 0.4) is 0 Å². The van der Waals surface area contributed by atoms with Gasteiger partial charge in [0.05, 0.1) is 12.3 Å². The van der Waals surface area contributed by atoms with Crippen molar-refractivity contribution < 1.29 is 4.74 Å². The van der Waals surface area contributed by atoms with Gasteiger partial charge in [-0.3, -0.25) is 0 Å². The minimum absolute atomic E-state index is 0.465. The Kier molecular flexibility index (Phi) is 5.20. The van der Waals surface area contributed by atoms with Crippen molar-refractivity contribution in [2.24, 2.45) is 0 Å². The molecule has 5 heteroatoms. The first-order chi connectivity index (χ1) is 11.2. The van der Waals surface area contributed by atoms with Crippen molar-refractivity contribution in [2.45, 2.75) is 32.4 Å². The van der Waals surface area contributed by atoms with E-state index >= 15 is 0 Å². The molecule has 0 aliphatic carbocycles. The summed E-state index contributed by atoms with van der Waals surface area (Å²) >= 11 is 0. The number of rotatable bonds is 5. The molecule has 0 radical (unpaired) electrons. The Hall–Kier alpha value is -1.98. The van der Waals surface area contributed by atoms with Gasteiger partial charge >= 0.3 is 0 Å². The van der Waals surface area contributed by atoms with Gasteiger partial charge in [0, 0.05) is 24.8 Å². The minimum atomic E-state index is 0.465. The summed E-state index contributed by atoms with van der Waals surface area (Å²) in [6, 6.07) is 10.8. The van der Waals surface area contributed by atoms with Crippen LogP contribution in [0.5, 0.6) is 0 Å². The number of methoxy groups -OCH3 is 1. The molecule has 0 atom stereocenters. The highest BCUT2D eigenvalue weighted by atomic mass is 16.5. The van der Waals surface area contributed by atoms with Crippen molar-refractivity contribution >= 4 is 5.82 Å². The van der Waals surface area contributed by atoms with Crippen LogP contribution in [-0.4, -0.2) is 36.2 Å². The van der Waals surface area contributed by atoms with Gasteiger partial charge in [-0.05, 0) is 32.9 Å². The average molecular weight is 312 g/mol. The van der Waals surface area contributed by atoms with E-state index in [1.54, 1.807) is 7.11 Å². The van der Waals surface area contributed by atoms with Crippen LogP contribution >= 0.6 is 0 Å².